The number of hydrogen-bond acceptors (Lipinski definition) is 4. The summed E-state index contributed by atoms with van der Waals surface area (Å²) >= 11 is 6.32. The Balaban J connectivity index is 1.41. The van der Waals surface area contributed by atoms with Gasteiger partial charge in [-0.2, -0.15) is 0 Å². The summed E-state index contributed by atoms with van der Waals surface area (Å²) in [6.07, 6.45) is 4.62. The lowest BCUT2D eigenvalue weighted by Crippen LogP contribution is -2.35. The van der Waals surface area contributed by atoms with Crippen molar-refractivity contribution in [2.45, 2.75) is 19.4 Å². The number of pyridine rings is 1. The van der Waals surface area contributed by atoms with Crippen LogP contribution in [0.25, 0.3) is 11.1 Å². The summed E-state index contributed by atoms with van der Waals surface area (Å²) in [5, 5.41) is 0.609. The number of carbonyl (C=O) groups is 1. The van der Waals surface area contributed by atoms with Gasteiger partial charge < -0.3 is 14.4 Å². The molecule has 2 bridgehead atoms. The lowest BCUT2D eigenvalue weighted by Gasteiger charge is -2.24. The van der Waals surface area contributed by atoms with Crippen molar-refractivity contribution in [1.29, 1.82) is 0 Å². The molecule has 3 aromatic carbocycles. The van der Waals surface area contributed by atoms with Crippen molar-refractivity contribution in [3.8, 4) is 16.9 Å². The highest BCUT2D eigenvalue weighted by molar-refractivity contribution is 6.31. The van der Waals surface area contributed by atoms with Crippen LogP contribution < -0.4 is 4.74 Å². The Labute approximate surface area is 222 Å². The fraction of sp³-hybridized carbons (Fsp3) is 0.226. The average molecular weight is 513 g/mol. The van der Waals surface area contributed by atoms with Crippen molar-refractivity contribution >= 4 is 17.5 Å². The van der Waals surface area contributed by atoms with Crippen LogP contribution >= 0.6 is 11.6 Å². The van der Waals surface area contributed by atoms with Gasteiger partial charge in [0.1, 0.15) is 12.4 Å². The number of ether oxygens (including phenoxy) is 2. The monoisotopic (exact) mass is 512 g/mol. The highest BCUT2D eigenvalue weighted by Crippen LogP contribution is 2.29. The van der Waals surface area contributed by atoms with E-state index in [0.717, 1.165) is 39.1 Å². The molecule has 188 valence electrons. The molecular formula is C31H29ClN2O3. The summed E-state index contributed by atoms with van der Waals surface area (Å²) < 4.78 is 12.0. The van der Waals surface area contributed by atoms with Gasteiger partial charge >= 0.3 is 0 Å². The van der Waals surface area contributed by atoms with E-state index in [2.05, 4.69) is 47.4 Å². The van der Waals surface area contributed by atoms with E-state index in [4.69, 9.17) is 21.1 Å². The molecule has 0 saturated heterocycles. The number of carbonyl (C=O) groups excluding carboxylic acids is 1. The Morgan fingerprint density at radius 3 is 2.65 bits per heavy atom. The largest absolute Gasteiger partial charge is 0.491 e. The van der Waals surface area contributed by atoms with E-state index in [1.54, 1.807) is 6.20 Å². The van der Waals surface area contributed by atoms with Gasteiger partial charge in [-0.05, 0) is 52.1 Å². The predicted octanol–water partition coefficient (Wildman–Crippen LogP) is 5.97. The molecule has 1 aliphatic rings. The second kappa shape index (κ2) is 12.0. The maximum absolute atomic E-state index is 13.3. The number of amides is 1. The number of rotatable bonds is 3. The van der Waals surface area contributed by atoms with Crippen molar-refractivity contribution in [1.82, 2.24) is 9.88 Å². The standard InChI is InChI=1S/C31H29ClN2O3/c32-29-9-2-1-7-26(29)20-31(35)34-13-14-36-15-16-37-30-11-10-25(27-8-4-12-33-21-27)19-28(30)18-23-5-3-6-24(17-23)22-34/h1-12,17,19,21H,13-16,18,20,22H2. The van der Waals surface area contributed by atoms with Crippen molar-refractivity contribution in [3.05, 3.63) is 119 Å². The van der Waals surface area contributed by atoms with Crippen LogP contribution in [0.2, 0.25) is 5.02 Å². The van der Waals surface area contributed by atoms with Crippen LogP contribution in [0, 0.1) is 0 Å². The van der Waals surface area contributed by atoms with E-state index in [-0.39, 0.29) is 12.3 Å². The predicted molar refractivity (Wildman–Crippen MR) is 146 cm³/mol. The first-order valence-electron chi connectivity index (χ1n) is 12.5. The summed E-state index contributed by atoms with van der Waals surface area (Å²) in [6, 6.07) is 26.2. The van der Waals surface area contributed by atoms with Gasteiger partial charge in [-0.1, -0.05) is 66.2 Å². The summed E-state index contributed by atoms with van der Waals surface area (Å²) in [5.74, 6) is 0.882. The molecule has 1 amide bonds. The van der Waals surface area contributed by atoms with Gasteiger partial charge in [0.2, 0.25) is 5.91 Å². The minimum Gasteiger partial charge on any atom is -0.491 e. The Bertz CT molecular complexity index is 1360. The maximum atomic E-state index is 13.3. The summed E-state index contributed by atoms with van der Waals surface area (Å²) in [5.41, 5.74) is 6.33. The normalized spacial score (nSPS) is 14.2. The molecule has 0 saturated carbocycles. The van der Waals surface area contributed by atoms with Crippen LogP contribution in [-0.2, 0) is 28.9 Å². The molecule has 0 N–H and O–H groups in total. The maximum Gasteiger partial charge on any atom is 0.227 e. The molecule has 6 heteroatoms. The molecule has 5 rings (SSSR count). The van der Waals surface area contributed by atoms with Crippen molar-refractivity contribution in [3.63, 3.8) is 0 Å². The zero-order valence-electron chi connectivity index (χ0n) is 20.6. The van der Waals surface area contributed by atoms with Gasteiger partial charge in [0.15, 0.2) is 0 Å². The molecule has 0 spiro atoms. The minimum absolute atomic E-state index is 0.0249. The van der Waals surface area contributed by atoms with Gasteiger partial charge in [0.25, 0.3) is 0 Å². The molecule has 0 atom stereocenters. The Morgan fingerprint density at radius 2 is 1.78 bits per heavy atom. The lowest BCUT2D eigenvalue weighted by molar-refractivity contribution is -0.131. The zero-order chi connectivity index (χ0) is 25.5. The SMILES string of the molecule is O=C(Cc1ccccc1Cl)N1CCOCCOc2ccc(-c3cccnc3)cc2Cc2cccc(c2)C1. The van der Waals surface area contributed by atoms with Crippen molar-refractivity contribution in [2.75, 3.05) is 26.4 Å². The number of hydrogen-bond donors (Lipinski definition) is 0. The number of nitrogens with zero attached hydrogens (tertiary/aromatic N) is 2. The van der Waals surface area contributed by atoms with Gasteiger partial charge in [0, 0.05) is 42.5 Å². The van der Waals surface area contributed by atoms with Crippen LogP contribution in [0.15, 0.2) is 91.3 Å². The van der Waals surface area contributed by atoms with Gasteiger partial charge in [-0.3, -0.25) is 9.78 Å². The zero-order valence-corrected chi connectivity index (χ0v) is 21.4. The van der Waals surface area contributed by atoms with E-state index in [1.807, 2.05) is 47.5 Å². The van der Waals surface area contributed by atoms with E-state index in [1.165, 1.54) is 0 Å². The van der Waals surface area contributed by atoms with Crippen LogP contribution in [0.5, 0.6) is 5.75 Å². The lowest BCUT2D eigenvalue weighted by atomic mass is 9.98. The third-order valence-corrected chi connectivity index (χ3v) is 6.83. The third-order valence-electron chi connectivity index (χ3n) is 6.46. The highest BCUT2D eigenvalue weighted by Gasteiger charge is 2.17. The van der Waals surface area contributed by atoms with Crippen molar-refractivity contribution in [2.24, 2.45) is 0 Å². The molecule has 5 nitrogen and oxygen atoms in total. The molecule has 0 unspecified atom stereocenters. The summed E-state index contributed by atoms with van der Waals surface area (Å²) in [4.78, 5) is 19.4. The second-order valence-corrected chi connectivity index (χ2v) is 9.51. The first kappa shape index (κ1) is 25.0. The number of aromatic nitrogens is 1. The van der Waals surface area contributed by atoms with Crippen LogP contribution in [-0.4, -0.2) is 42.2 Å². The third kappa shape index (κ3) is 6.56. The minimum atomic E-state index is 0.0249. The summed E-state index contributed by atoms with van der Waals surface area (Å²) in [6.45, 7) is 2.33. The highest BCUT2D eigenvalue weighted by atomic mass is 35.5. The van der Waals surface area contributed by atoms with Crippen LogP contribution in [0.1, 0.15) is 22.3 Å². The first-order valence-corrected chi connectivity index (χ1v) is 12.9. The van der Waals surface area contributed by atoms with Gasteiger partial charge in [0.05, 0.1) is 19.6 Å². The fourth-order valence-corrected chi connectivity index (χ4v) is 4.75. The van der Waals surface area contributed by atoms with Gasteiger partial charge in [-0.25, -0.2) is 0 Å². The summed E-state index contributed by atoms with van der Waals surface area (Å²) in [7, 11) is 0. The van der Waals surface area contributed by atoms with E-state index < -0.39 is 0 Å². The van der Waals surface area contributed by atoms with Crippen LogP contribution in [0.4, 0.5) is 0 Å². The Kier molecular flexibility index (Phi) is 8.14. The van der Waals surface area contributed by atoms with Crippen LogP contribution in [0.3, 0.4) is 0 Å². The molecule has 2 heterocycles. The van der Waals surface area contributed by atoms with Crippen molar-refractivity contribution < 1.29 is 14.3 Å². The van der Waals surface area contributed by atoms with E-state index in [9.17, 15) is 4.79 Å². The average Bonchev–Trinajstić information content (AvgIpc) is 2.92. The van der Waals surface area contributed by atoms with E-state index >= 15 is 0 Å². The molecular weight excluding hydrogens is 484 g/mol. The molecule has 1 aliphatic heterocycles. The first-order chi connectivity index (χ1) is 18.2. The van der Waals surface area contributed by atoms with Gasteiger partial charge in [-0.15, -0.1) is 0 Å². The topological polar surface area (TPSA) is 51.7 Å². The number of fused-ring (bicyclic) bond motifs is 3. The smallest absolute Gasteiger partial charge is 0.227 e. The quantitative estimate of drug-likeness (QED) is 0.339. The molecule has 1 aromatic heterocycles. The molecule has 4 aromatic rings. The Hall–Kier alpha value is -3.67. The fourth-order valence-electron chi connectivity index (χ4n) is 4.55. The molecule has 37 heavy (non-hydrogen) atoms. The number of halogens is 1. The van der Waals surface area contributed by atoms with E-state index in [0.29, 0.717) is 44.4 Å². The second-order valence-electron chi connectivity index (χ2n) is 9.11. The number of benzene rings is 3. The molecule has 0 radical (unpaired) electrons. The molecule has 0 aliphatic carbocycles. The molecule has 0 fully saturated rings. The Morgan fingerprint density at radius 1 is 0.892 bits per heavy atom.